The molecular weight excluding hydrogens is 218 g/mol. The first-order valence-electron chi connectivity index (χ1n) is 6.25. The third-order valence-corrected chi connectivity index (χ3v) is 3.86. The number of aryl methyl sites for hydroxylation is 1. The van der Waals surface area contributed by atoms with Gasteiger partial charge in [-0.05, 0) is 6.07 Å². The van der Waals surface area contributed by atoms with Crippen LogP contribution < -0.4 is 5.32 Å². The van der Waals surface area contributed by atoms with E-state index >= 15 is 0 Å². The Bertz CT molecular complexity index is 377. The zero-order valence-corrected chi connectivity index (χ0v) is 10.2. The Hall–Kier alpha value is -0.910. The molecular formula is C12H19N3O2. The lowest BCUT2D eigenvalue weighted by Crippen LogP contribution is -2.55. The molecule has 3 heterocycles. The summed E-state index contributed by atoms with van der Waals surface area (Å²) >= 11 is 0. The lowest BCUT2D eigenvalue weighted by Gasteiger charge is -2.46. The SMILES string of the molecule is Cn1nccc1C1NCCOC12CCOCC2. The van der Waals surface area contributed by atoms with Crippen LogP contribution >= 0.6 is 0 Å². The van der Waals surface area contributed by atoms with Crippen LogP contribution in [0.15, 0.2) is 12.3 Å². The minimum absolute atomic E-state index is 0.107. The number of nitrogens with zero attached hydrogens (tertiary/aromatic N) is 2. The van der Waals surface area contributed by atoms with E-state index in [-0.39, 0.29) is 11.6 Å². The molecule has 2 aliphatic rings. The van der Waals surface area contributed by atoms with Gasteiger partial charge in [0.25, 0.3) is 0 Å². The molecule has 1 atom stereocenters. The van der Waals surface area contributed by atoms with Crippen molar-refractivity contribution in [2.24, 2.45) is 7.05 Å². The van der Waals surface area contributed by atoms with Crippen LogP contribution in [0.1, 0.15) is 24.6 Å². The van der Waals surface area contributed by atoms with E-state index in [1.807, 2.05) is 17.9 Å². The van der Waals surface area contributed by atoms with Crippen molar-refractivity contribution in [1.29, 1.82) is 0 Å². The summed E-state index contributed by atoms with van der Waals surface area (Å²) < 4.78 is 13.5. The standard InChI is InChI=1S/C12H19N3O2/c1-15-10(2-5-14-15)11-12(17-9-6-13-11)3-7-16-8-4-12/h2,5,11,13H,3-4,6-9H2,1H3. The zero-order chi connectivity index (χ0) is 11.7. The second-order valence-electron chi connectivity index (χ2n) is 4.79. The number of aromatic nitrogens is 2. The Morgan fingerprint density at radius 3 is 2.94 bits per heavy atom. The molecule has 0 aliphatic carbocycles. The van der Waals surface area contributed by atoms with Gasteiger partial charge in [0.15, 0.2) is 0 Å². The number of ether oxygens (including phenoxy) is 2. The van der Waals surface area contributed by atoms with Crippen molar-refractivity contribution in [3.05, 3.63) is 18.0 Å². The summed E-state index contributed by atoms with van der Waals surface area (Å²) in [6.45, 7) is 3.26. The van der Waals surface area contributed by atoms with Gasteiger partial charge in [0.1, 0.15) is 0 Å². The molecule has 5 heteroatoms. The number of morpholine rings is 1. The molecule has 0 saturated carbocycles. The summed E-state index contributed by atoms with van der Waals surface area (Å²) in [6, 6.07) is 2.30. The van der Waals surface area contributed by atoms with E-state index in [4.69, 9.17) is 9.47 Å². The minimum atomic E-state index is -0.107. The maximum absolute atomic E-state index is 6.11. The molecule has 1 aromatic heterocycles. The summed E-state index contributed by atoms with van der Waals surface area (Å²) in [4.78, 5) is 0. The smallest absolute Gasteiger partial charge is 0.0935 e. The molecule has 17 heavy (non-hydrogen) atoms. The van der Waals surface area contributed by atoms with Crippen molar-refractivity contribution >= 4 is 0 Å². The van der Waals surface area contributed by atoms with Crippen LogP contribution in [0, 0.1) is 0 Å². The highest BCUT2D eigenvalue weighted by molar-refractivity contribution is 5.15. The zero-order valence-electron chi connectivity index (χ0n) is 10.2. The van der Waals surface area contributed by atoms with Gasteiger partial charge in [-0.2, -0.15) is 5.10 Å². The quantitative estimate of drug-likeness (QED) is 0.778. The number of hydrogen-bond donors (Lipinski definition) is 1. The van der Waals surface area contributed by atoms with Gasteiger partial charge in [-0.1, -0.05) is 0 Å². The normalized spacial score (nSPS) is 28.4. The van der Waals surface area contributed by atoms with Gasteiger partial charge in [0.05, 0.1) is 23.9 Å². The maximum atomic E-state index is 6.11. The van der Waals surface area contributed by atoms with Crippen molar-refractivity contribution in [3.63, 3.8) is 0 Å². The topological polar surface area (TPSA) is 48.3 Å². The van der Waals surface area contributed by atoms with Gasteiger partial charge in [-0.25, -0.2) is 0 Å². The van der Waals surface area contributed by atoms with Crippen molar-refractivity contribution in [2.75, 3.05) is 26.4 Å². The molecule has 2 aliphatic heterocycles. The van der Waals surface area contributed by atoms with Crippen molar-refractivity contribution in [2.45, 2.75) is 24.5 Å². The Labute approximate surface area is 101 Å². The van der Waals surface area contributed by atoms with Crippen LogP contribution in [0.5, 0.6) is 0 Å². The van der Waals surface area contributed by atoms with Crippen LogP contribution in [-0.2, 0) is 16.5 Å². The van der Waals surface area contributed by atoms with Crippen LogP contribution in [-0.4, -0.2) is 41.7 Å². The van der Waals surface area contributed by atoms with E-state index in [1.54, 1.807) is 0 Å². The molecule has 0 amide bonds. The molecule has 3 rings (SSSR count). The monoisotopic (exact) mass is 237 g/mol. The van der Waals surface area contributed by atoms with E-state index in [9.17, 15) is 0 Å². The van der Waals surface area contributed by atoms with Gasteiger partial charge >= 0.3 is 0 Å². The first kappa shape index (κ1) is 11.2. The highest BCUT2D eigenvalue weighted by Crippen LogP contribution is 2.39. The third kappa shape index (κ3) is 1.88. The van der Waals surface area contributed by atoms with Crippen molar-refractivity contribution in [3.8, 4) is 0 Å². The second-order valence-corrected chi connectivity index (χ2v) is 4.79. The highest BCUT2D eigenvalue weighted by Gasteiger charge is 2.45. The third-order valence-electron chi connectivity index (χ3n) is 3.86. The first-order valence-corrected chi connectivity index (χ1v) is 6.25. The Morgan fingerprint density at radius 2 is 2.24 bits per heavy atom. The highest BCUT2D eigenvalue weighted by atomic mass is 16.5. The fraction of sp³-hybridized carbons (Fsp3) is 0.750. The predicted octanol–water partition coefficient (Wildman–Crippen LogP) is 0.630. The van der Waals surface area contributed by atoms with Gasteiger partial charge in [-0.3, -0.25) is 4.68 Å². The summed E-state index contributed by atoms with van der Waals surface area (Å²) in [5.74, 6) is 0. The molecule has 2 fully saturated rings. The van der Waals surface area contributed by atoms with E-state index < -0.39 is 0 Å². The molecule has 2 saturated heterocycles. The predicted molar refractivity (Wildman–Crippen MR) is 62.7 cm³/mol. The molecule has 5 nitrogen and oxygen atoms in total. The van der Waals surface area contributed by atoms with Gasteiger partial charge in [0.2, 0.25) is 0 Å². The molecule has 0 aromatic carbocycles. The molecule has 0 bridgehead atoms. The van der Waals surface area contributed by atoms with Crippen LogP contribution in [0.25, 0.3) is 0 Å². The molecule has 94 valence electrons. The Balaban J connectivity index is 1.92. The lowest BCUT2D eigenvalue weighted by molar-refractivity contribution is -0.150. The Kier molecular flexibility index (Phi) is 2.90. The molecule has 1 N–H and O–H groups in total. The van der Waals surface area contributed by atoms with E-state index in [0.717, 1.165) is 39.2 Å². The van der Waals surface area contributed by atoms with Crippen LogP contribution in [0.4, 0.5) is 0 Å². The van der Waals surface area contributed by atoms with Gasteiger partial charge < -0.3 is 14.8 Å². The van der Waals surface area contributed by atoms with E-state index in [0.29, 0.717) is 0 Å². The van der Waals surface area contributed by atoms with Crippen LogP contribution in [0.3, 0.4) is 0 Å². The fourth-order valence-corrected chi connectivity index (χ4v) is 2.92. The average molecular weight is 237 g/mol. The van der Waals surface area contributed by atoms with Crippen molar-refractivity contribution in [1.82, 2.24) is 15.1 Å². The Morgan fingerprint density at radius 1 is 1.41 bits per heavy atom. The lowest BCUT2D eigenvalue weighted by atomic mass is 9.83. The molecule has 1 unspecified atom stereocenters. The number of nitrogens with one attached hydrogen (secondary N) is 1. The molecule has 0 radical (unpaired) electrons. The fourth-order valence-electron chi connectivity index (χ4n) is 2.92. The first-order chi connectivity index (χ1) is 8.32. The van der Waals surface area contributed by atoms with E-state index in [1.165, 1.54) is 5.69 Å². The average Bonchev–Trinajstić information content (AvgIpc) is 2.77. The maximum Gasteiger partial charge on any atom is 0.0935 e. The van der Waals surface area contributed by atoms with Crippen molar-refractivity contribution < 1.29 is 9.47 Å². The van der Waals surface area contributed by atoms with Crippen LogP contribution in [0.2, 0.25) is 0 Å². The second kappa shape index (κ2) is 4.40. The summed E-state index contributed by atoms with van der Waals surface area (Å²) in [6.07, 6.45) is 3.75. The summed E-state index contributed by atoms with van der Waals surface area (Å²) in [7, 11) is 1.98. The number of hydrogen-bond acceptors (Lipinski definition) is 4. The van der Waals surface area contributed by atoms with Gasteiger partial charge in [-0.15, -0.1) is 0 Å². The van der Waals surface area contributed by atoms with Gasteiger partial charge in [0, 0.05) is 45.8 Å². The van der Waals surface area contributed by atoms with E-state index in [2.05, 4.69) is 16.5 Å². The largest absolute Gasteiger partial charge is 0.381 e. The molecule has 1 spiro atoms. The number of rotatable bonds is 1. The molecule has 1 aromatic rings. The summed E-state index contributed by atoms with van der Waals surface area (Å²) in [5, 5.41) is 7.84. The summed E-state index contributed by atoms with van der Waals surface area (Å²) in [5.41, 5.74) is 1.09. The minimum Gasteiger partial charge on any atom is -0.381 e.